The number of carbonyl (C=O) groups excluding carboxylic acids is 1. The number of carbonyl (C=O) groups is 1. The molecule has 0 bridgehead atoms. The van der Waals surface area contributed by atoms with Crippen LogP contribution in [0.2, 0.25) is 0 Å². The smallest absolute Gasteiger partial charge is 0.276 e. The molecule has 0 radical (unpaired) electrons. The third-order valence-electron chi connectivity index (χ3n) is 4.55. The highest BCUT2D eigenvalue weighted by molar-refractivity contribution is 5.92. The number of nitrogens with zero attached hydrogens (tertiary/aromatic N) is 2. The van der Waals surface area contributed by atoms with Gasteiger partial charge in [-0.25, -0.2) is 0 Å². The Kier molecular flexibility index (Phi) is 4.51. The summed E-state index contributed by atoms with van der Waals surface area (Å²) in [6.07, 6.45) is 3.01. The lowest BCUT2D eigenvalue weighted by molar-refractivity contribution is 0.0726. The molecule has 1 saturated heterocycles. The number of hydrogen-bond donors (Lipinski definition) is 0. The second-order valence-electron chi connectivity index (χ2n) is 6.75. The number of hydrogen-bond acceptors (Lipinski definition) is 3. The summed E-state index contributed by atoms with van der Waals surface area (Å²) in [5, 5.41) is 3.97. The Labute approximate surface area is 137 Å². The molecule has 0 unspecified atom stereocenters. The maximum absolute atomic E-state index is 12.7. The average molecular weight is 312 g/mol. The number of aromatic nitrogens is 1. The standard InChI is InChI=1S/C19H24N2O2/c1-13(2)18-12-17(20-23-18)19(22)21-10-4-5-16(21)11-15-8-6-14(3)7-9-15/h6-9,12-13,16H,4-5,10-11H2,1-3H3/t16-/m1/s1. The second kappa shape index (κ2) is 6.57. The Balaban J connectivity index is 1.72. The van der Waals surface area contributed by atoms with Gasteiger partial charge in [0.05, 0.1) is 0 Å². The fraction of sp³-hybridized carbons (Fsp3) is 0.474. The van der Waals surface area contributed by atoms with E-state index in [-0.39, 0.29) is 17.9 Å². The van der Waals surface area contributed by atoms with Crippen molar-refractivity contribution in [3.8, 4) is 0 Å². The lowest BCUT2D eigenvalue weighted by atomic mass is 10.0. The number of aryl methyl sites for hydroxylation is 1. The Bertz CT molecular complexity index is 673. The summed E-state index contributed by atoms with van der Waals surface area (Å²) in [5.74, 6) is 1.00. The molecule has 1 fully saturated rings. The molecule has 2 heterocycles. The summed E-state index contributed by atoms with van der Waals surface area (Å²) in [5.41, 5.74) is 2.98. The molecule has 1 aliphatic heterocycles. The summed E-state index contributed by atoms with van der Waals surface area (Å²) in [6, 6.07) is 10.6. The minimum Gasteiger partial charge on any atom is -0.360 e. The van der Waals surface area contributed by atoms with Gasteiger partial charge >= 0.3 is 0 Å². The van der Waals surface area contributed by atoms with Gasteiger partial charge in [-0.1, -0.05) is 48.8 Å². The molecule has 0 N–H and O–H groups in total. The van der Waals surface area contributed by atoms with Crippen LogP contribution in [-0.2, 0) is 6.42 Å². The van der Waals surface area contributed by atoms with Gasteiger partial charge in [0, 0.05) is 24.6 Å². The molecule has 23 heavy (non-hydrogen) atoms. The van der Waals surface area contributed by atoms with E-state index in [1.165, 1.54) is 11.1 Å². The van der Waals surface area contributed by atoms with Crippen molar-refractivity contribution in [1.29, 1.82) is 0 Å². The minimum atomic E-state index is -0.00439. The summed E-state index contributed by atoms with van der Waals surface area (Å²) in [6.45, 7) is 6.96. The molecule has 4 heteroatoms. The zero-order valence-electron chi connectivity index (χ0n) is 14.1. The van der Waals surface area contributed by atoms with E-state index in [4.69, 9.17) is 4.52 Å². The highest BCUT2D eigenvalue weighted by atomic mass is 16.5. The SMILES string of the molecule is Cc1ccc(C[C@H]2CCCN2C(=O)c2cc(C(C)C)on2)cc1. The van der Waals surface area contributed by atoms with Crippen molar-refractivity contribution in [3.05, 3.63) is 52.9 Å². The molecular weight excluding hydrogens is 288 g/mol. The fourth-order valence-electron chi connectivity index (χ4n) is 3.12. The predicted molar refractivity (Wildman–Crippen MR) is 89.5 cm³/mol. The molecule has 3 rings (SSSR count). The van der Waals surface area contributed by atoms with Gasteiger partial charge in [0.1, 0.15) is 5.76 Å². The molecule has 4 nitrogen and oxygen atoms in total. The van der Waals surface area contributed by atoms with Crippen molar-refractivity contribution in [2.75, 3.05) is 6.54 Å². The minimum absolute atomic E-state index is 0.00439. The average Bonchev–Trinajstić information content (AvgIpc) is 3.18. The predicted octanol–water partition coefficient (Wildman–Crippen LogP) is 3.95. The molecular formula is C19H24N2O2. The first-order valence-corrected chi connectivity index (χ1v) is 8.37. The number of likely N-dealkylation sites (tertiary alicyclic amines) is 1. The number of benzene rings is 1. The summed E-state index contributed by atoms with van der Waals surface area (Å²) in [4.78, 5) is 14.7. The zero-order chi connectivity index (χ0) is 16.4. The van der Waals surface area contributed by atoms with Crippen LogP contribution in [0.25, 0.3) is 0 Å². The summed E-state index contributed by atoms with van der Waals surface area (Å²) < 4.78 is 5.28. The van der Waals surface area contributed by atoms with E-state index < -0.39 is 0 Å². The van der Waals surface area contributed by atoms with Crippen molar-refractivity contribution in [3.63, 3.8) is 0 Å². The third kappa shape index (κ3) is 3.46. The van der Waals surface area contributed by atoms with Gasteiger partial charge in [-0.3, -0.25) is 4.79 Å². The first kappa shape index (κ1) is 15.8. The second-order valence-corrected chi connectivity index (χ2v) is 6.75. The van der Waals surface area contributed by atoms with E-state index in [0.717, 1.165) is 31.6 Å². The first-order valence-electron chi connectivity index (χ1n) is 8.37. The molecule has 1 aromatic carbocycles. The van der Waals surface area contributed by atoms with Crippen LogP contribution in [-0.4, -0.2) is 28.6 Å². The molecule has 1 amide bonds. The molecule has 1 aliphatic rings. The fourth-order valence-corrected chi connectivity index (χ4v) is 3.12. The molecule has 0 saturated carbocycles. The van der Waals surface area contributed by atoms with E-state index >= 15 is 0 Å². The van der Waals surface area contributed by atoms with Crippen LogP contribution < -0.4 is 0 Å². The summed E-state index contributed by atoms with van der Waals surface area (Å²) >= 11 is 0. The maximum Gasteiger partial charge on any atom is 0.276 e. The van der Waals surface area contributed by atoms with E-state index in [0.29, 0.717) is 5.69 Å². The highest BCUT2D eigenvalue weighted by Gasteiger charge is 2.31. The molecule has 0 spiro atoms. The van der Waals surface area contributed by atoms with Crippen molar-refractivity contribution in [1.82, 2.24) is 10.1 Å². The van der Waals surface area contributed by atoms with Gasteiger partial charge in [-0.05, 0) is 31.7 Å². The third-order valence-corrected chi connectivity index (χ3v) is 4.55. The lowest BCUT2D eigenvalue weighted by Gasteiger charge is -2.24. The lowest BCUT2D eigenvalue weighted by Crippen LogP contribution is -2.37. The summed E-state index contributed by atoms with van der Waals surface area (Å²) in [7, 11) is 0. The number of amides is 1. The van der Waals surface area contributed by atoms with Crippen LogP contribution in [0, 0.1) is 6.92 Å². The Morgan fingerprint density at radius 3 is 2.74 bits per heavy atom. The van der Waals surface area contributed by atoms with Crippen LogP contribution in [0.1, 0.15) is 60.0 Å². The zero-order valence-corrected chi connectivity index (χ0v) is 14.1. The van der Waals surface area contributed by atoms with Crippen LogP contribution in [0.5, 0.6) is 0 Å². The van der Waals surface area contributed by atoms with Gasteiger partial charge in [0.2, 0.25) is 0 Å². The van der Waals surface area contributed by atoms with E-state index in [9.17, 15) is 4.79 Å². The van der Waals surface area contributed by atoms with E-state index in [1.807, 2.05) is 18.7 Å². The monoisotopic (exact) mass is 312 g/mol. The van der Waals surface area contributed by atoms with Crippen LogP contribution in [0.3, 0.4) is 0 Å². The van der Waals surface area contributed by atoms with Gasteiger partial charge in [-0.2, -0.15) is 0 Å². The van der Waals surface area contributed by atoms with E-state index in [1.54, 1.807) is 6.07 Å². The van der Waals surface area contributed by atoms with Crippen LogP contribution in [0.15, 0.2) is 34.9 Å². The van der Waals surface area contributed by atoms with Gasteiger partial charge in [0.15, 0.2) is 5.69 Å². The van der Waals surface area contributed by atoms with Crippen LogP contribution in [0.4, 0.5) is 0 Å². The van der Waals surface area contributed by atoms with Crippen molar-refractivity contribution in [2.45, 2.75) is 52.0 Å². The Morgan fingerprint density at radius 1 is 1.35 bits per heavy atom. The van der Waals surface area contributed by atoms with Crippen molar-refractivity contribution >= 4 is 5.91 Å². The maximum atomic E-state index is 12.7. The largest absolute Gasteiger partial charge is 0.360 e. The Morgan fingerprint density at radius 2 is 2.09 bits per heavy atom. The molecule has 1 aromatic heterocycles. The van der Waals surface area contributed by atoms with Gasteiger partial charge < -0.3 is 9.42 Å². The highest BCUT2D eigenvalue weighted by Crippen LogP contribution is 2.24. The molecule has 0 aliphatic carbocycles. The van der Waals surface area contributed by atoms with Gasteiger partial charge in [-0.15, -0.1) is 0 Å². The molecule has 1 atom stereocenters. The molecule has 2 aromatic rings. The first-order chi connectivity index (χ1) is 11.0. The number of rotatable bonds is 4. The van der Waals surface area contributed by atoms with Crippen molar-refractivity contribution in [2.24, 2.45) is 0 Å². The molecule has 122 valence electrons. The normalized spacial score (nSPS) is 17.9. The van der Waals surface area contributed by atoms with Crippen molar-refractivity contribution < 1.29 is 9.32 Å². The van der Waals surface area contributed by atoms with Crippen LogP contribution >= 0.6 is 0 Å². The quantitative estimate of drug-likeness (QED) is 0.858. The van der Waals surface area contributed by atoms with E-state index in [2.05, 4.69) is 36.3 Å². The van der Waals surface area contributed by atoms with Gasteiger partial charge in [0.25, 0.3) is 5.91 Å². The topological polar surface area (TPSA) is 46.3 Å². The Hall–Kier alpha value is -2.10.